The molecule has 0 N–H and O–H groups in total. The van der Waals surface area contributed by atoms with Crippen molar-refractivity contribution in [3.05, 3.63) is 24.3 Å². The van der Waals surface area contributed by atoms with Crippen molar-refractivity contribution in [2.45, 2.75) is 39.2 Å². The fraction of sp³-hybridized carbons (Fsp3) is 0.688. The molecule has 3 atom stereocenters. The minimum absolute atomic E-state index is 0.144. The summed E-state index contributed by atoms with van der Waals surface area (Å²) in [6.07, 6.45) is 6.13. The van der Waals surface area contributed by atoms with Crippen molar-refractivity contribution in [3.8, 4) is 0 Å². The molecule has 0 radical (unpaired) electrons. The zero-order valence-corrected chi connectivity index (χ0v) is 12.6. The third-order valence-electron chi connectivity index (χ3n) is 4.84. The molecule has 0 spiro atoms. The van der Waals surface area contributed by atoms with Gasteiger partial charge in [0.05, 0.1) is 17.4 Å². The van der Waals surface area contributed by atoms with E-state index in [9.17, 15) is 4.79 Å². The lowest BCUT2D eigenvalue weighted by Crippen LogP contribution is -2.48. The number of methoxy groups -OCH3 is 1. The van der Waals surface area contributed by atoms with Crippen LogP contribution in [0.15, 0.2) is 24.3 Å². The zero-order chi connectivity index (χ0) is 14.8. The first-order valence-electron chi connectivity index (χ1n) is 7.06. The predicted molar refractivity (Wildman–Crippen MR) is 76.1 cm³/mol. The maximum absolute atomic E-state index is 12.4. The fourth-order valence-electron chi connectivity index (χ4n) is 3.45. The SMILES string of the molecule is C=CC[C@@]1(C)C(=O)O[C@@H]2C=C(C)CC[C@@]21COCOC. The van der Waals surface area contributed by atoms with Gasteiger partial charge in [-0.05, 0) is 39.2 Å². The fourth-order valence-corrected chi connectivity index (χ4v) is 3.45. The Morgan fingerprint density at radius 2 is 2.35 bits per heavy atom. The summed E-state index contributed by atoms with van der Waals surface area (Å²) in [6, 6.07) is 0. The Kier molecular flexibility index (Phi) is 4.35. The largest absolute Gasteiger partial charge is 0.457 e. The van der Waals surface area contributed by atoms with Crippen molar-refractivity contribution in [1.29, 1.82) is 0 Å². The Balaban J connectivity index is 2.35. The summed E-state index contributed by atoms with van der Waals surface area (Å²) in [7, 11) is 1.60. The molecule has 0 bridgehead atoms. The summed E-state index contributed by atoms with van der Waals surface area (Å²) < 4.78 is 16.3. The minimum Gasteiger partial charge on any atom is -0.457 e. The number of hydrogen-bond acceptors (Lipinski definition) is 4. The van der Waals surface area contributed by atoms with Crippen molar-refractivity contribution < 1.29 is 19.0 Å². The molecule has 20 heavy (non-hydrogen) atoms. The van der Waals surface area contributed by atoms with E-state index in [1.54, 1.807) is 13.2 Å². The number of fused-ring (bicyclic) bond motifs is 1. The van der Waals surface area contributed by atoms with E-state index in [-0.39, 0.29) is 24.3 Å². The van der Waals surface area contributed by atoms with Crippen molar-refractivity contribution >= 4 is 5.97 Å². The second-order valence-electron chi connectivity index (χ2n) is 6.07. The maximum Gasteiger partial charge on any atom is 0.313 e. The first kappa shape index (κ1) is 15.3. The first-order valence-corrected chi connectivity index (χ1v) is 7.06. The molecule has 1 fully saturated rings. The molecule has 1 aliphatic heterocycles. The second-order valence-corrected chi connectivity index (χ2v) is 6.07. The molecule has 1 aliphatic carbocycles. The van der Waals surface area contributed by atoms with E-state index >= 15 is 0 Å². The van der Waals surface area contributed by atoms with Gasteiger partial charge < -0.3 is 14.2 Å². The standard InChI is InChI=1S/C16H24O4/c1-5-7-15(3)14(17)20-13-9-12(2)6-8-16(13,15)10-19-11-18-4/h5,9,13H,1,6-8,10-11H2,2-4H3/t13-,15+,16-/m1/s1. The van der Waals surface area contributed by atoms with Crippen LogP contribution >= 0.6 is 0 Å². The molecule has 1 heterocycles. The van der Waals surface area contributed by atoms with Crippen LogP contribution in [0.3, 0.4) is 0 Å². The molecule has 0 aromatic heterocycles. The molecule has 0 aromatic carbocycles. The number of carbonyl (C=O) groups excluding carboxylic acids is 1. The van der Waals surface area contributed by atoms with Crippen molar-refractivity contribution in [1.82, 2.24) is 0 Å². The maximum atomic E-state index is 12.4. The first-order chi connectivity index (χ1) is 9.50. The molecule has 1 saturated heterocycles. The van der Waals surface area contributed by atoms with Crippen LogP contribution in [0.5, 0.6) is 0 Å². The van der Waals surface area contributed by atoms with Crippen LogP contribution in [0.1, 0.15) is 33.1 Å². The Bertz CT molecular complexity index is 428. The van der Waals surface area contributed by atoms with Gasteiger partial charge in [-0.25, -0.2) is 0 Å². The second kappa shape index (κ2) is 5.70. The molecule has 2 rings (SSSR count). The lowest BCUT2D eigenvalue weighted by atomic mass is 9.58. The molecule has 112 valence electrons. The lowest BCUT2D eigenvalue weighted by molar-refractivity contribution is -0.148. The molecule has 0 unspecified atom stereocenters. The third kappa shape index (κ3) is 2.21. The molecule has 0 saturated carbocycles. The van der Waals surface area contributed by atoms with E-state index in [0.717, 1.165) is 12.8 Å². The van der Waals surface area contributed by atoms with Gasteiger partial charge in [0, 0.05) is 7.11 Å². The summed E-state index contributed by atoms with van der Waals surface area (Å²) in [5.41, 5.74) is 0.369. The molecular formula is C16H24O4. The summed E-state index contributed by atoms with van der Waals surface area (Å²) in [5, 5.41) is 0. The number of ether oxygens (including phenoxy) is 3. The van der Waals surface area contributed by atoms with Gasteiger partial charge in [0.2, 0.25) is 0 Å². The smallest absolute Gasteiger partial charge is 0.313 e. The number of rotatable bonds is 6. The van der Waals surface area contributed by atoms with Crippen LogP contribution in [0.2, 0.25) is 0 Å². The van der Waals surface area contributed by atoms with E-state index < -0.39 is 5.41 Å². The number of carbonyl (C=O) groups is 1. The topological polar surface area (TPSA) is 44.8 Å². The number of allylic oxidation sites excluding steroid dienone is 2. The molecule has 4 nitrogen and oxygen atoms in total. The van der Waals surface area contributed by atoms with Gasteiger partial charge in [-0.15, -0.1) is 6.58 Å². The summed E-state index contributed by atoms with van der Waals surface area (Å²) in [5.74, 6) is -0.144. The summed E-state index contributed by atoms with van der Waals surface area (Å²) >= 11 is 0. The van der Waals surface area contributed by atoms with Gasteiger partial charge in [-0.3, -0.25) is 4.79 Å². The van der Waals surface area contributed by atoms with Gasteiger partial charge in [0.25, 0.3) is 0 Å². The van der Waals surface area contributed by atoms with Gasteiger partial charge in [-0.2, -0.15) is 0 Å². The van der Waals surface area contributed by atoms with Gasteiger partial charge in [0.15, 0.2) is 0 Å². The average molecular weight is 280 g/mol. The van der Waals surface area contributed by atoms with Crippen LogP contribution in [0.25, 0.3) is 0 Å². The Morgan fingerprint density at radius 1 is 1.60 bits per heavy atom. The molecule has 2 aliphatic rings. The highest BCUT2D eigenvalue weighted by Gasteiger charge is 2.64. The minimum atomic E-state index is -0.579. The third-order valence-corrected chi connectivity index (χ3v) is 4.84. The highest BCUT2D eigenvalue weighted by atomic mass is 16.7. The van der Waals surface area contributed by atoms with Gasteiger partial charge in [0.1, 0.15) is 12.9 Å². The molecule has 4 heteroatoms. The number of esters is 1. The van der Waals surface area contributed by atoms with E-state index in [1.807, 2.05) is 6.92 Å². The lowest BCUT2D eigenvalue weighted by Gasteiger charge is -2.43. The van der Waals surface area contributed by atoms with E-state index in [1.165, 1.54) is 5.57 Å². The molecule has 0 aromatic rings. The van der Waals surface area contributed by atoms with Gasteiger partial charge >= 0.3 is 5.97 Å². The quantitative estimate of drug-likeness (QED) is 0.325. The Morgan fingerprint density at radius 3 is 3.00 bits per heavy atom. The van der Waals surface area contributed by atoms with Crippen molar-refractivity contribution in [3.63, 3.8) is 0 Å². The Hall–Kier alpha value is -1.13. The summed E-state index contributed by atoms with van der Waals surface area (Å²) in [6.45, 7) is 8.54. The van der Waals surface area contributed by atoms with Crippen molar-refractivity contribution in [2.75, 3.05) is 20.5 Å². The van der Waals surface area contributed by atoms with Gasteiger partial charge in [-0.1, -0.05) is 11.6 Å². The normalized spacial score (nSPS) is 36.2. The highest BCUT2D eigenvalue weighted by molar-refractivity contribution is 5.81. The predicted octanol–water partition coefficient (Wildman–Crippen LogP) is 2.84. The highest BCUT2D eigenvalue weighted by Crippen LogP contribution is 2.57. The summed E-state index contributed by atoms with van der Waals surface area (Å²) in [4.78, 5) is 12.4. The average Bonchev–Trinajstić information content (AvgIpc) is 2.60. The Labute approximate surface area is 120 Å². The van der Waals surface area contributed by atoms with E-state index in [0.29, 0.717) is 13.0 Å². The van der Waals surface area contributed by atoms with Crippen LogP contribution in [0, 0.1) is 10.8 Å². The van der Waals surface area contributed by atoms with Crippen LogP contribution in [0.4, 0.5) is 0 Å². The zero-order valence-electron chi connectivity index (χ0n) is 12.6. The van der Waals surface area contributed by atoms with Crippen LogP contribution in [-0.2, 0) is 19.0 Å². The molecule has 0 amide bonds. The monoisotopic (exact) mass is 280 g/mol. The van der Waals surface area contributed by atoms with Crippen molar-refractivity contribution in [2.24, 2.45) is 10.8 Å². The number of hydrogen-bond donors (Lipinski definition) is 0. The van der Waals surface area contributed by atoms with Crippen LogP contribution < -0.4 is 0 Å². The molecular weight excluding hydrogens is 256 g/mol. The van der Waals surface area contributed by atoms with E-state index in [4.69, 9.17) is 14.2 Å². The van der Waals surface area contributed by atoms with E-state index in [2.05, 4.69) is 19.6 Å². The van der Waals surface area contributed by atoms with Crippen LogP contribution in [-0.4, -0.2) is 32.6 Å².